The number of aromatic nitrogens is 4. The number of carbonyl (C=O) groups is 1. The lowest BCUT2D eigenvalue weighted by Gasteiger charge is -2.34. The highest BCUT2D eigenvalue weighted by atomic mass is 16.5. The normalized spacial score (nSPS) is 14.1. The maximum Gasteiger partial charge on any atom is 0.247 e. The van der Waals surface area contributed by atoms with Crippen molar-refractivity contribution in [2.24, 2.45) is 0 Å². The first-order valence-electron chi connectivity index (χ1n) is 11.5. The number of nitrogens with zero attached hydrogens (tertiary/aromatic N) is 4. The Labute approximate surface area is 203 Å². The van der Waals surface area contributed by atoms with Crippen LogP contribution in [0.3, 0.4) is 0 Å². The molecule has 0 atom stereocenters. The molecule has 0 aliphatic carbocycles. The summed E-state index contributed by atoms with van der Waals surface area (Å²) >= 11 is 0. The van der Waals surface area contributed by atoms with Crippen LogP contribution < -0.4 is 14.8 Å². The van der Waals surface area contributed by atoms with Gasteiger partial charge in [-0.05, 0) is 78.6 Å². The predicted molar refractivity (Wildman–Crippen MR) is 133 cm³/mol. The smallest absolute Gasteiger partial charge is 0.247 e. The van der Waals surface area contributed by atoms with Crippen molar-refractivity contribution in [3.63, 3.8) is 0 Å². The number of amides is 1. The number of nitrogens with one attached hydrogen (secondary N) is 1. The minimum Gasteiger partial charge on any atom is -0.488 e. The van der Waals surface area contributed by atoms with Crippen LogP contribution >= 0.6 is 0 Å². The average molecular weight is 470 g/mol. The van der Waals surface area contributed by atoms with Crippen molar-refractivity contribution in [2.75, 3.05) is 5.32 Å². The van der Waals surface area contributed by atoms with Gasteiger partial charge in [0.2, 0.25) is 5.91 Å². The monoisotopic (exact) mass is 469 g/mol. The van der Waals surface area contributed by atoms with E-state index in [0.29, 0.717) is 18.8 Å². The minimum absolute atomic E-state index is 0.240. The van der Waals surface area contributed by atoms with E-state index in [-0.39, 0.29) is 11.5 Å². The standard InChI is InChI=1S/C27H27N5O3/c1-4-25(33)29-20-10-8-18(9-11-20)16-34-24-7-5-6-22-23(24)14-19(15-32-17-28-30-31-32)21-12-13-27(2,3)35-26(21)22/h4-11,14,17H,1,12-13,15-16H2,2-3H3,(H,29,33). The summed E-state index contributed by atoms with van der Waals surface area (Å²) in [6, 6.07) is 15.8. The Bertz CT molecular complexity index is 1380. The van der Waals surface area contributed by atoms with E-state index in [1.807, 2.05) is 36.4 Å². The topological polar surface area (TPSA) is 91.2 Å². The first-order valence-corrected chi connectivity index (χ1v) is 11.5. The average Bonchev–Trinajstić information content (AvgIpc) is 3.36. The fraction of sp³-hybridized carbons (Fsp3) is 0.259. The van der Waals surface area contributed by atoms with Gasteiger partial charge >= 0.3 is 0 Å². The van der Waals surface area contributed by atoms with E-state index in [1.54, 1.807) is 11.0 Å². The lowest BCUT2D eigenvalue weighted by molar-refractivity contribution is -0.111. The highest BCUT2D eigenvalue weighted by Crippen LogP contribution is 2.43. The summed E-state index contributed by atoms with van der Waals surface area (Å²) < 4.78 is 14.5. The Morgan fingerprint density at radius 3 is 2.80 bits per heavy atom. The molecule has 4 aromatic rings. The fourth-order valence-electron chi connectivity index (χ4n) is 4.34. The molecule has 3 aromatic carbocycles. The second kappa shape index (κ2) is 9.21. The molecule has 0 saturated carbocycles. The van der Waals surface area contributed by atoms with Crippen LogP contribution in [0.5, 0.6) is 11.5 Å². The van der Waals surface area contributed by atoms with Gasteiger partial charge in [0.25, 0.3) is 0 Å². The van der Waals surface area contributed by atoms with Crippen LogP contribution in [0.25, 0.3) is 10.8 Å². The van der Waals surface area contributed by atoms with Gasteiger partial charge in [-0.3, -0.25) is 4.79 Å². The molecular weight excluding hydrogens is 442 g/mol. The van der Waals surface area contributed by atoms with Crippen molar-refractivity contribution in [1.29, 1.82) is 0 Å². The molecule has 35 heavy (non-hydrogen) atoms. The quantitative estimate of drug-likeness (QED) is 0.395. The molecule has 1 amide bonds. The van der Waals surface area contributed by atoms with Crippen LogP contribution in [-0.2, 0) is 24.4 Å². The zero-order valence-electron chi connectivity index (χ0n) is 19.8. The zero-order valence-corrected chi connectivity index (χ0v) is 19.8. The summed E-state index contributed by atoms with van der Waals surface area (Å²) in [5.41, 5.74) is 3.77. The van der Waals surface area contributed by atoms with Crippen LogP contribution in [0, 0.1) is 0 Å². The fourth-order valence-corrected chi connectivity index (χ4v) is 4.34. The minimum atomic E-state index is -0.243. The van der Waals surface area contributed by atoms with Crippen molar-refractivity contribution < 1.29 is 14.3 Å². The number of tetrazole rings is 1. The SMILES string of the molecule is C=CC(=O)Nc1ccc(COc2cccc3c4c(c(Cn5cnnn5)cc23)CCC(C)(C)O4)cc1. The number of ether oxygens (including phenoxy) is 2. The number of hydrogen-bond acceptors (Lipinski definition) is 6. The number of anilines is 1. The van der Waals surface area contributed by atoms with Gasteiger partial charge in [0.1, 0.15) is 30.0 Å². The highest BCUT2D eigenvalue weighted by Gasteiger charge is 2.30. The number of rotatable bonds is 7. The van der Waals surface area contributed by atoms with Crippen molar-refractivity contribution in [3.05, 3.63) is 84.2 Å². The third-order valence-corrected chi connectivity index (χ3v) is 6.17. The van der Waals surface area contributed by atoms with Gasteiger partial charge in [0.15, 0.2) is 0 Å². The summed E-state index contributed by atoms with van der Waals surface area (Å²) in [7, 11) is 0. The van der Waals surface area contributed by atoms with Gasteiger partial charge in [-0.1, -0.05) is 30.8 Å². The second-order valence-corrected chi connectivity index (χ2v) is 9.24. The van der Waals surface area contributed by atoms with E-state index in [4.69, 9.17) is 9.47 Å². The van der Waals surface area contributed by atoms with E-state index in [0.717, 1.165) is 46.2 Å². The lowest BCUT2D eigenvalue weighted by atomic mass is 9.88. The van der Waals surface area contributed by atoms with Crippen LogP contribution in [0.4, 0.5) is 5.69 Å². The molecule has 5 rings (SSSR count). The molecule has 1 aliphatic heterocycles. The number of hydrogen-bond donors (Lipinski definition) is 1. The molecule has 0 saturated heterocycles. The largest absolute Gasteiger partial charge is 0.488 e. The van der Waals surface area contributed by atoms with Gasteiger partial charge in [-0.15, -0.1) is 5.10 Å². The molecule has 0 fully saturated rings. The van der Waals surface area contributed by atoms with Crippen molar-refractivity contribution >= 4 is 22.4 Å². The molecule has 1 N–H and O–H groups in total. The summed E-state index contributed by atoms with van der Waals surface area (Å²) in [5, 5.41) is 16.4. The van der Waals surface area contributed by atoms with Crippen molar-refractivity contribution in [2.45, 2.75) is 45.4 Å². The van der Waals surface area contributed by atoms with E-state index in [1.165, 1.54) is 11.6 Å². The van der Waals surface area contributed by atoms with Crippen LogP contribution in [0.15, 0.2) is 67.5 Å². The molecule has 2 heterocycles. The second-order valence-electron chi connectivity index (χ2n) is 9.24. The number of fused-ring (bicyclic) bond motifs is 3. The highest BCUT2D eigenvalue weighted by molar-refractivity contribution is 5.98. The van der Waals surface area contributed by atoms with E-state index in [2.05, 4.69) is 53.4 Å². The number of benzene rings is 3. The molecule has 178 valence electrons. The van der Waals surface area contributed by atoms with Crippen molar-refractivity contribution in [3.8, 4) is 11.5 Å². The Morgan fingerprint density at radius 2 is 2.06 bits per heavy atom. The molecule has 0 radical (unpaired) electrons. The Hall–Kier alpha value is -4.20. The first-order chi connectivity index (χ1) is 16.9. The maximum atomic E-state index is 11.5. The lowest BCUT2D eigenvalue weighted by Crippen LogP contribution is -2.33. The summed E-state index contributed by atoms with van der Waals surface area (Å²) in [5.74, 6) is 1.45. The molecule has 8 heteroatoms. The summed E-state index contributed by atoms with van der Waals surface area (Å²) in [6.07, 6.45) is 4.73. The Balaban J connectivity index is 1.47. The van der Waals surface area contributed by atoms with E-state index < -0.39 is 0 Å². The van der Waals surface area contributed by atoms with Gasteiger partial charge in [-0.2, -0.15) is 0 Å². The van der Waals surface area contributed by atoms with Crippen LogP contribution in [0.2, 0.25) is 0 Å². The molecule has 1 aliphatic rings. The van der Waals surface area contributed by atoms with E-state index in [9.17, 15) is 4.79 Å². The first kappa shape index (κ1) is 22.6. The third-order valence-electron chi connectivity index (χ3n) is 6.17. The molecular formula is C27H27N5O3. The molecule has 1 aromatic heterocycles. The molecule has 0 spiro atoms. The van der Waals surface area contributed by atoms with Crippen LogP contribution in [0.1, 0.15) is 37.0 Å². The zero-order chi connectivity index (χ0) is 24.4. The van der Waals surface area contributed by atoms with Gasteiger partial charge in [-0.25, -0.2) is 4.68 Å². The molecule has 0 unspecified atom stereocenters. The number of carbonyl (C=O) groups excluding carboxylic acids is 1. The predicted octanol–water partition coefficient (Wildman–Crippen LogP) is 4.68. The van der Waals surface area contributed by atoms with Gasteiger partial charge in [0, 0.05) is 22.0 Å². The summed E-state index contributed by atoms with van der Waals surface area (Å²) in [4.78, 5) is 11.5. The van der Waals surface area contributed by atoms with E-state index >= 15 is 0 Å². The van der Waals surface area contributed by atoms with Crippen molar-refractivity contribution in [1.82, 2.24) is 20.2 Å². The Morgan fingerprint density at radius 1 is 1.23 bits per heavy atom. The van der Waals surface area contributed by atoms with Gasteiger partial charge in [0.05, 0.1) is 6.54 Å². The Kier molecular flexibility index (Phi) is 5.94. The van der Waals surface area contributed by atoms with Crippen LogP contribution in [-0.4, -0.2) is 31.7 Å². The summed E-state index contributed by atoms with van der Waals surface area (Å²) in [6.45, 7) is 8.66. The third kappa shape index (κ3) is 4.87. The molecule has 8 nitrogen and oxygen atoms in total. The maximum absolute atomic E-state index is 11.5. The molecule has 0 bridgehead atoms. The van der Waals surface area contributed by atoms with Gasteiger partial charge < -0.3 is 14.8 Å².